The van der Waals surface area contributed by atoms with E-state index in [0.717, 1.165) is 52.5 Å². The molecular formula is C52H37NO. The van der Waals surface area contributed by atoms with E-state index < -0.39 is 5.41 Å². The van der Waals surface area contributed by atoms with Gasteiger partial charge < -0.3 is 9.64 Å². The number of hydrogen-bond acceptors (Lipinski definition) is 2. The summed E-state index contributed by atoms with van der Waals surface area (Å²) in [6.07, 6.45) is 4.16. The van der Waals surface area contributed by atoms with E-state index in [1.54, 1.807) is 0 Å². The van der Waals surface area contributed by atoms with Crippen LogP contribution in [0.25, 0.3) is 33.4 Å². The first-order valence-corrected chi connectivity index (χ1v) is 19.0. The minimum atomic E-state index is -0.516. The molecule has 0 saturated carbocycles. The topological polar surface area (TPSA) is 12.5 Å². The lowest BCUT2D eigenvalue weighted by atomic mass is 9.64. The van der Waals surface area contributed by atoms with Crippen molar-refractivity contribution in [2.45, 2.75) is 37.5 Å². The number of fused-ring (bicyclic) bond motifs is 12. The Morgan fingerprint density at radius 2 is 1.19 bits per heavy atom. The van der Waals surface area contributed by atoms with Gasteiger partial charge in [-0.05, 0) is 93.7 Å². The van der Waals surface area contributed by atoms with Crippen LogP contribution in [0.3, 0.4) is 0 Å². The van der Waals surface area contributed by atoms with Gasteiger partial charge in [-0.3, -0.25) is 0 Å². The fourth-order valence-electron chi connectivity index (χ4n) is 9.98. The maximum absolute atomic E-state index is 7.27. The van der Waals surface area contributed by atoms with E-state index in [2.05, 4.69) is 183 Å². The van der Waals surface area contributed by atoms with Crippen LogP contribution in [-0.2, 0) is 10.8 Å². The van der Waals surface area contributed by atoms with Crippen LogP contribution in [-0.4, -0.2) is 0 Å². The molecule has 1 spiro atoms. The zero-order chi connectivity index (χ0) is 36.0. The Morgan fingerprint density at radius 1 is 0.574 bits per heavy atom. The van der Waals surface area contributed by atoms with E-state index in [4.69, 9.17) is 4.74 Å². The van der Waals surface area contributed by atoms with Crippen LogP contribution in [0.2, 0.25) is 0 Å². The zero-order valence-electron chi connectivity index (χ0n) is 30.4. The minimum Gasteiger partial charge on any atom is -0.455 e. The molecule has 0 aromatic heterocycles. The van der Waals surface area contributed by atoms with Gasteiger partial charge in [0.05, 0.1) is 16.8 Å². The quantitative estimate of drug-likeness (QED) is 0.182. The molecule has 0 radical (unpaired) electrons. The van der Waals surface area contributed by atoms with Crippen LogP contribution in [0, 0.1) is 12.1 Å². The third-order valence-corrected chi connectivity index (χ3v) is 12.3. The summed E-state index contributed by atoms with van der Waals surface area (Å²) in [6.45, 7) is 4.72. The summed E-state index contributed by atoms with van der Waals surface area (Å²) in [5.74, 6) is 1.84. The monoisotopic (exact) mass is 691 g/mol. The fraction of sp³-hybridized carbons (Fsp3) is 0.115. The van der Waals surface area contributed by atoms with Gasteiger partial charge in [-0.1, -0.05) is 153 Å². The Morgan fingerprint density at radius 3 is 1.91 bits per heavy atom. The fourth-order valence-corrected chi connectivity index (χ4v) is 9.98. The molecule has 54 heavy (non-hydrogen) atoms. The molecule has 3 aliphatic carbocycles. The average molecular weight is 692 g/mol. The SMILES string of the molecule is CC1(C)c2ccccc2-c2ccc(N(C3=C4Oc5ccccc5C5(C4=CCC3)c3ccccc3-c3ccccc35)c3ccccc3-c3c#cccc3)cc21. The molecule has 0 saturated heterocycles. The number of benzene rings is 6. The van der Waals surface area contributed by atoms with Gasteiger partial charge >= 0.3 is 0 Å². The van der Waals surface area contributed by atoms with Crippen molar-refractivity contribution in [3.63, 3.8) is 0 Å². The molecule has 2 nitrogen and oxygen atoms in total. The van der Waals surface area contributed by atoms with Crippen LogP contribution in [0.1, 0.15) is 54.5 Å². The van der Waals surface area contributed by atoms with Gasteiger partial charge in [-0.2, -0.15) is 0 Å². The predicted octanol–water partition coefficient (Wildman–Crippen LogP) is 12.7. The van der Waals surface area contributed by atoms with Crippen molar-refractivity contribution >= 4 is 11.4 Å². The van der Waals surface area contributed by atoms with Gasteiger partial charge in [0.1, 0.15) is 5.75 Å². The van der Waals surface area contributed by atoms with Crippen molar-refractivity contribution in [3.8, 4) is 39.1 Å². The Labute approximate surface area is 317 Å². The standard InChI is InChI=1S/C52H37NO/c1-51(2)41-23-10-6-20-37(41)40-32-31-35(33-46(40)51)53(47-28-14-9-19-36(47)34-17-4-3-5-18-34)48-29-16-27-45-50(48)54-49-30-15-13-26-44(49)52(45)42-24-11-7-21-38(42)39-22-8-12-25-43(39)52/h3-4,6-15,17,19-28,30-33H,16,29H2,1-2H3. The van der Waals surface area contributed by atoms with Gasteiger partial charge in [0, 0.05) is 33.4 Å². The summed E-state index contributed by atoms with van der Waals surface area (Å²) in [6, 6.07) is 64.1. The molecule has 7 aromatic carbocycles. The Bertz CT molecular complexity index is 2680. The number of anilines is 2. The maximum atomic E-state index is 7.27. The summed E-state index contributed by atoms with van der Waals surface area (Å²) in [4.78, 5) is 2.49. The lowest BCUT2D eigenvalue weighted by Gasteiger charge is -2.44. The van der Waals surface area contributed by atoms with E-state index in [9.17, 15) is 0 Å². The van der Waals surface area contributed by atoms with Crippen LogP contribution < -0.4 is 9.64 Å². The first kappa shape index (κ1) is 31.0. The molecule has 0 atom stereocenters. The first-order valence-electron chi connectivity index (χ1n) is 19.0. The number of para-hydroxylation sites is 2. The summed E-state index contributed by atoms with van der Waals surface area (Å²) < 4.78 is 7.27. The number of allylic oxidation sites excluding steroid dienone is 3. The Balaban J connectivity index is 1.21. The third-order valence-electron chi connectivity index (χ3n) is 12.3. The van der Waals surface area contributed by atoms with Crippen LogP contribution in [0.15, 0.2) is 181 Å². The number of nitrogens with zero attached hydrogens (tertiary/aromatic N) is 1. The molecule has 0 bridgehead atoms. The second-order valence-corrected chi connectivity index (χ2v) is 15.3. The highest BCUT2D eigenvalue weighted by Gasteiger charge is 2.53. The van der Waals surface area contributed by atoms with Crippen LogP contribution in [0.5, 0.6) is 5.75 Å². The van der Waals surface area contributed by atoms with Gasteiger partial charge in [-0.25, -0.2) is 0 Å². The molecule has 7 aromatic rings. The molecule has 0 fully saturated rings. The van der Waals surface area contributed by atoms with E-state index in [1.807, 2.05) is 12.1 Å². The van der Waals surface area contributed by atoms with Crippen LogP contribution >= 0.6 is 0 Å². The number of rotatable bonds is 4. The molecule has 1 aliphatic heterocycles. The number of ether oxygens (including phenoxy) is 1. The van der Waals surface area contributed by atoms with Crippen molar-refractivity contribution in [2.75, 3.05) is 4.90 Å². The molecular weight excluding hydrogens is 655 g/mol. The summed E-state index contributed by atoms with van der Waals surface area (Å²) in [5.41, 5.74) is 17.8. The molecule has 0 amide bonds. The largest absolute Gasteiger partial charge is 0.455 e. The normalized spacial score (nSPS) is 16.1. The van der Waals surface area contributed by atoms with Crippen molar-refractivity contribution < 1.29 is 4.74 Å². The van der Waals surface area contributed by atoms with Gasteiger partial charge in [0.25, 0.3) is 0 Å². The lowest BCUT2D eigenvalue weighted by molar-refractivity contribution is 0.376. The van der Waals surface area contributed by atoms with Crippen LogP contribution in [0.4, 0.5) is 11.4 Å². The van der Waals surface area contributed by atoms with E-state index >= 15 is 0 Å². The molecule has 0 N–H and O–H groups in total. The molecule has 4 aliphatic rings. The highest BCUT2D eigenvalue weighted by Crippen LogP contribution is 2.63. The minimum absolute atomic E-state index is 0.146. The Hall–Kier alpha value is -6.56. The highest BCUT2D eigenvalue weighted by atomic mass is 16.5. The second kappa shape index (κ2) is 11.5. The van der Waals surface area contributed by atoms with Gasteiger partial charge in [0.2, 0.25) is 0 Å². The predicted molar refractivity (Wildman–Crippen MR) is 219 cm³/mol. The summed E-state index contributed by atoms with van der Waals surface area (Å²) >= 11 is 0. The number of hydrogen-bond donors (Lipinski definition) is 0. The molecule has 1 heterocycles. The highest BCUT2D eigenvalue weighted by molar-refractivity contribution is 5.91. The van der Waals surface area contributed by atoms with Crippen molar-refractivity contribution in [3.05, 3.63) is 221 Å². The Kier molecular flexibility index (Phi) is 6.59. The molecule has 0 unspecified atom stereocenters. The van der Waals surface area contributed by atoms with E-state index in [0.29, 0.717) is 0 Å². The van der Waals surface area contributed by atoms with Gasteiger partial charge in [-0.15, -0.1) is 0 Å². The van der Waals surface area contributed by atoms with E-state index in [1.165, 1.54) is 55.6 Å². The molecule has 11 rings (SSSR count). The first-order chi connectivity index (χ1) is 26.6. The molecule has 2 heteroatoms. The maximum Gasteiger partial charge on any atom is 0.151 e. The molecule has 256 valence electrons. The van der Waals surface area contributed by atoms with E-state index in [-0.39, 0.29) is 5.41 Å². The smallest absolute Gasteiger partial charge is 0.151 e. The second-order valence-electron chi connectivity index (χ2n) is 15.3. The van der Waals surface area contributed by atoms with Crippen molar-refractivity contribution in [1.29, 1.82) is 0 Å². The summed E-state index contributed by atoms with van der Waals surface area (Å²) in [7, 11) is 0. The zero-order valence-corrected chi connectivity index (χ0v) is 30.4. The lowest BCUT2D eigenvalue weighted by Crippen LogP contribution is -2.38. The van der Waals surface area contributed by atoms with Gasteiger partial charge in [0.15, 0.2) is 5.76 Å². The van der Waals surface area contributed by atoms with Crippen molar-refractivity contribution in [2.24, 2.45) is 0 Å². The van der Waals surface area contributed by atoms with Crippen molar-refractivity contribution in [1.82, 2.24) is 0 Å². The third kappa shape index (κ3) is 4.13. The summed E-state index contributed by atoms with van der Waals surface area (Å²) in [5, 5.41) is 0. The average Bonchev–Trinajstić information content (AvgIpc) is 3.65.